The number of anilines is 2. The summed E-state index contributed by atoms with van der Waals surface area (Å²) in [6.07, 6.45) is 0. The van der Waals surface area contributed by atoms with Crippen LogP contribution in [0.3, 0.4) is 0 Å². The minimum atomic E-state index is -0.327. The van der Waals surface area contributed by atoms with Gasteiger partial charge in [0, 0.05) is 10.2 Å². The molecule has 4 nitrogen and oxygen atoms in total. The van der Waals surface area contributed by atoms with Crippen LogP contribution in [-0.2, 0) is 0 Å². The molecule has 0 atom stereocenters. The standard InChI is InChI=1S/C12H10BrFN4S/c1-6-4-10(11(15)19)18-12(16-6)17-9-3-2-7(14)5-8(9)13/h2-5H,1H3,(H2,15,19)(H,16,17,18). The van der Waals surface area contributed by atoms with E-state index >= 15 is 0 Å². The van der Waals surface area contributed by atoms with Gasteiger partial charge in [-0.25, -0.2) is 14.4 Å². The molecule has 1 heterocycles. The Balaban J connectivity index is 2.35. The minimum absolute atomic E-state index is 0.201. The zero-order valence-electron chi connectivity index (χ0n) is 9.95. The summed E-state index contributed by atoms with van der Waals surface area (Å²) in [5, 5.41) is 2.98. The summed E-state index contributed by atoms with van der Waals surface area (Å²) in [6, 6.07) is 5.99. The van der Waals surface area contributed by atoms with Crippen molar-refractivity contribution in [2.24, 2.45) is 5.73 Å². The predicted octanol–water partition coefficient (Wildman–Crippen LogP) is 3.06. The third-order valence-corrected chi connectivity index (χ3v) is 3.15. The first-order chi connectivity index (χ1) is 8.95. The Hall–Kier alpha value is -1.60. The number of nitrogens with zero attached hydrogens (tertiary/aromatic N) is 2. The number of benzene rings is 1. The van der Waals surface area contributed by atoms with Crippen molar-refractivity contribution >= 4 is 44.8 Å². The minimum Gasteiger partial charge on any atom is -0.388 e. The van der Waals surface area contributed by atoms with Crippen molar-refractivity contribution in [1.29, 1.82) is 0 Å². The quantitative estimate of drug-likeness (QED) is 0.840. The number of nitrogens with one attached hydrogen (secondary N) is 1. The van der Waals surface area contributed by atoms with Crippen LogP contribution in [0.5, 0.6) is 0 Å². The van der Waals surface area contributed by atoms with E-state index in [-0.39, 0.29) is 10.8 Å². The molecule has 98 valence electrons. The van der Waals surface area contributed by atoms with Gasteiger partial charge >= 0.3 is 0 Å². The Labute approximate surface area is 123 Å². The fraction of sp³-hybridized carbons (Fsp3) is 0.0833. The van der Waals surface area contributed by atoms with E-state index in [9.17, 15) is 4.39 Å². The van der Waals surface area contributed by atoms with E-state index in [2.05, 4.69) is 31.2 Å². The monoisotopic (exact) mass is 340 g/mol. The first-order valence-electron chi connectivity index (χ1n) is 5.33. The van der Waals surface area contributed by atoms with Crippen LogP contribution in [0.1, 0.15) is 11.4 Å². The molecule has 0 unspecified atom stereocenters. The van der Waals surface area contributed by atoms with E-state index in [0.29, 0.717) is 21.8 Å². The normalized spacial score (nSPS) is 10.3. The highest BCUT2D eigenvalue weighted by Crippen LogP contribution is 2.25. The Morgan fingerprint density at radius 2 is 2.11 bits per heavy atom. The third-order valence-electron chi connectivity index (χ3n) is 2.28. The zero-order valence-corrected chi connectivity index (χ0v) is 12.3. The summed E-state index contributed by atoms with van der Waals surface area (Å²) < 4.78 is 13.6. The topological polar surface area (TPSA) is 63.8 Å². The Morgan fingerprint density at radius 3 is 2.74 bits per heavy atom. The largest absolute Gasteiger partial charge is 0.388 e. The lowest BCUT2D eigenvalue weighted by Crippen LogP contribution is -2.13. The van der Waals surface area contributed by atoms with E-state index in [1.54, 1.807) is 12.1 Å². The van der Waals surface area contributed by atoms with Gasteiger partial charge in [0.25, 0.3) is 0 Å². The molecule has 0 saturated heterocycles. The maximum atomic E-state index is 13.0. The molecular weight excluding hydrogens is 331 g/mol. The SMILES string of the molecule is Cc1cc(C(N)=S)nc(Nc2ccc(F)cc2Br)n1. The Kier molecular flexibility index (Phi) is 4.06. The molecule has 2 rings (SSSR count). The smallest absolute Gasteiger partial charge is 0.228 e. The van der Waals surface area contributed by atoms with Gasteiger partial charge in [0.15, 0.2) is 0 Å². The average molecular weight is 341 g/mol. The van der Waals surface area contributed by atoms with E-state index in [0.717, 1.165) is 5.69 Å². The van der Waals surface area contributed by atoms with Gasteiger partial charge in [0.2, 0.25) is 5.95 Å². The number of rotatable bonds is 3. The van der Waals surface area contributed by atoms with Crippen molar-refractivity contribution in [3.05, 3.63) is 45.9 Å². The van der Waals surface area contributed by atoms with Gasteiger partial charge in [-0.1, -0.05) is 12.2 Å². The van der Waals surface area contributed by atoms with Crippen LogP contribution in [0.2, 0.25) is 0 Å². The summed E-state index contributed by atoms with van der Waals surface area (Å²) in [6.45, 7) is 1.81. The van der Waals surface area contributed by atoms with Crippen molar-refractivity contribution in [3.63, 3.8) is 0 Å². The Morgan fingerprint density at radius 1 is 1.37 bits per heavy atom. The first kappa shape index (κ1) is 13.8. The lowest BCUT2D eigenvalue weighted by Gasteiger charge is -2.09. The third kappa shape index (κ3) is 3.45. The number of aromatic nitrogens is 2. The van der Waals surface area contributed by atoms with E-state index in [1.807, 2.05) is 6.92 Å². The van der Waals surface area contributed by atoms with Crippen LogP contribution in [0.25, 0.3) is 0 Å². The van der Waals surface area contributed by atoms with Crippen molar-refractivity contribution in [1.82, 2.24) is 9.97 Å². The lowest BCUT2D eigenvalue weighted by molar-refractivity contribution is 0.627. The fourth-order valence-electron chi connectivity index (χ4n) is 1.46. The van der Waals surface area contributed by atoms with Crippen LogP contribution >= 0.6 is 28.1 Å². The van der Waals surface area contributed by atoms with Crippen molar-refractivity contribution in [2.45, 2.75) is 6.92 Å². The van der Waals surface area contributed by atoms with Gasteiger partial charge in [0.1, 0.15) is 16.5 Å². The van der Waals surface area contributed by atoms with Crippen molar-refractivity contribution in [2.75, 3.05) is 5.32 Å². The number of hydrogen-bond acceptors (Lipinski definition) is 4. The molecule has 1 aromatic heterocycles. The summed E-state index contributed by atoms with van der Waals surface area (Å²) in [7, 11) is 0. The molecule has 0 aliphatic carbocycles. The molecule has 0 fully saturated rings. The molecule has 7 heteroatoms. The van der Waals surface area contributed by atoms with Crippen LogP contribution in [0, 0.1) is 12.7 Å². The van der Waals surface area contributed by atoms with Crippen LogP contribution in [0.4, 0.5) is 16.0 Å². The van der Waals surface area contributed by atoms with Gasteiger partial charge in [-0.05, 0) is 47.1 Å². The van der Waals surface area contributed by atoms with Crippen LogP contribution in [0.15, 0.2) is 28.7 Å². The van der Waals surface area contributed by atoms with Gasteiger partial charge in [-0.15, -0.1) is 0 Å². The second-order valence-corrected chi connectivity index (χ2v) is 5.13. The second kappa shape index (κ2) is 5.58. The summed E-state index contributed by atoms with van der Waals surface area (Å²) >= 11 is 8.15. The molecule has 0 aliphatic rings. The van der Waals surface area contributed by atoms with Crippen LogP contribution < -0.4 is 11.1 Å². The maximum absolute atomic E-state index is 13.0. The first-order valence-corrected chi connectivity index (χ1v) is 6.53. The maximum Gasteiger partial charge on any atom is 0.228 e. The van der Waals surface area contributed by atoms with Gasteiger partial charge in [-0.2, -0.15) is 0 Å². The molecule has 0 amide bonds. The van der Waals surface area contributed by atoms with E-state index < -0.39 is 0 Å². The van der Waals surface area contributed by atoms with Crippen molar-refractivity contribution in [3.8, 4) is 0 Å². The lowest BCUT2D eigenvalue weighted by atomic mass is 10.3. The molecule has 0 bridgehead atoms. The highest BCUT2D eigenvalue weighted by atomic mass is 79.9. The molecule has 0 saturated carbocycles. The van der Waals surface area contributed by atoms with Gasteiger partial charge in [0.05, 0.1) is 5.69 Å². The summed E-state index contributed by atoms with van der Waals surface area (Å²) in [5.74, 6) is 0.0292. The molecule has 0 spiro atoms. The average Bonchev–Trinajstić information content (AvgIpc) is 2.32. The highest BCUT2D eigenvalue weighted by molar-refractivity contribution is 9.10. The van der Waals surface area contributed by atoms with E-state index in [1.165, 1.54) is 12.1 Å². The molecule has 19 heavy (non-hydrogen) atoms. The number of thiocarbonyl (C=S) groups is 1. The molecular formula is C12H10BrFN4S. The molecule has 1 aromatic carbocycles. The molecule has 0 aliphatic heterocycles. The zero-order chi connectivity index (χ0) is 14.0. The fourth-order valence-corrected chi connectivity index (χ4v) is 2.02. The van der Waals surface area contributed by atoms with Crippen LogP contribution in [-0.4, -0.2) is 15.0 Å². The molecule has 2 aromatic rings. The Bertz CT molecular complexity index is 648. The highest BCUT2D eigenvalue weighted by Gasteiger charge is 2.07. The molecule has 3 N–H and O–H groups in total. The summed E-state index contributed by atoms with van der Waals surface area (Å²) in [5.41, 5.74) is 7.43. The number of aryl methyl sites for hydroxylation is 1. The van der Waals surface area contributed by atoms with E-state index in [4.69, 9.17) is 18.0 Å². The second-order valence-electron chi connectivity index (χ2n) is 3.83. The van der Waals surface area contributed by atoms with Gasteiger partial charge in [-0.3, -0.25) is 0 Å². The van der Waals surface area contributed by atoms with Crippen molar-refractivity contribution < 1.29 is 4.39 Å². The molecule has 0 radical (unpaired) electrons. The number of halogens is 2. The predicted molar refractivity (Wildman–Crippen MR) is 80.0 cm³/mol. The van der Waals surface area contributed by atoms with Gasteiger partial charge < -0.3 is 11.1 Å². The summed E-state index contributed by atoms with van der Waals surface area (Å²) in [4.78, 5) is 8.61. The number of hydrogen-bond donors (Lipinski definition) is 2. The number of nitrogens with two attached hydrogens (primary N) is 1.